The van der Waals surface area contributed by atoms with Crippen LogP contribution < -0.4 is 4.72 Å². The minimum Gasteiger partial charge on any atom is -0.279 e. The Kier molecular flexibility index (Phi) is 4.27. The predicted molar refractivity (Wildman–Crippen MR) is 78.6 cm³/mol. The second-order valence-electron chi connectivity index (χ2n) is 3.81. The van der Waals surface area contributed by atoms with Gasteiger partial charge < -0.3 is 0 Å². The molecular weight excluding hydrogens is 353 g/mol. The lowest BCUT2D eigenvalue weighted by atomic mass is 10.3. The van der Waals surface area contributed by atoms with Crippen LogP contribution in [-0.4, -0.2) is 8.42 Å². The van der Waals surface area contributed by atoms with E-state index in [9.17, 15) is 12.8 Å². The fourth-order valence-corrected chi connectivity index (χ4v) is 4.05. The van der Waals surface area contributed by atoms with Gasteiger partial charge in [-0.3, -0.25) is 4.72 Å². The lowest BCUT2D eigenvalue weighted by molar-refractivity contribution is 0.603. The monoisotopic (exact) mass is 363 g/mol. The zero-order chi connectivity index (χ0) is 14.0. The van der Waals surface area contributed by atoms with Crippen LogP contribution in [0, 0.1) is 5.82 Å². The van der Waals surface area contributed by atoms with Gasteiger partial charge in [0.1, 0.15) is 10.0 Å². The molecule has 1 aromatic heterocycles. The number of hydrogen-bond acceptors (Lipinski definition) is 3. The van der Waals surface area contributed by atoms with Crippen LogP contribution in [0.3, 0.4) is 0 Å². The average Bonchev–Trinajstić information content (AvgIpc) is 2.83. The molecule has 3 nitrogen and oxygen atoms in total. The van der Waals surface area contributed by atoms with Gasteiger partial charge in [0.15, 0.2) is 0 Å². The van der Waals surface area contributed by atoms with Gasteiger partial charge in [0.25, 0.3) is 10.0 Å². The minimum absolute atomic E-state index is 0.201. The molecule has 0 aliphatic heterocycles. The molecule has 0 amide bonds. The molecule has 0 unspecified atom stereocenters. The third-order valence-electron chi connectivity index (χ3n) is 2.42. The number of aryl methyl sites for hydroxylation is 1. The number of nitrogens with one attached hydrogen (secondary N) is 1. The van der Waals surface area contributed by atoms with Gasteiger partial charge >= 0.3 is 0 Å². The normalized spacial score (nSPS) is 11.5. The quantitative estimate of drug-likeness (QED) is 0.891. The first-order valence-electron chi connectivity index (χ1n) is 5.49. The van der Waals surface area contributed by atoms with Gasteiger partial charge in [0, 0.05) is 4.88 Å². The summed E-state index contributed by atoms with van der Waals surface area (Å²) in [5.74, 6) is -0.513. The highest BCUT2D eigenvalue weighted by molar-refractivity contribution is 9.10. The van der Waals surface area contributed by atoms with Crippen molar-refractivity contribution < 1.29 is 12.8 Å². The number of rotatable bonds is 4. The number of sulfonamides is 1. The molecule has 0 spiro atoms. The van der Waals surface area contributed by atoms with Gasteiger partial charge in [-0.15, -0.1) is 11.3 Å². The highest BCUT2D eigenvalue weighted by Gasteiger charge is 2.17. The van der Waals surface area contributed by atoms with Crippen LogP contribution in [0.2, 0.25) is 0 Å². The molecule has 7 heteroatoms. The number of halogens is 2. The molecule has 0 aliphatic carbocycles. The Balaban J connectivity index is 2.28. The second kappa shape index (κ2) is 5.60. The van der Waals surface area contributed by atoms with E-state index >= 15 is 0 Å². The Morgan fingerprint density at radius 1 is 1.32 bits per heavy atom. The fourth-order valence-electron chi connectivity index (χ4n) is 1.46. The van der Waals surface area contributed by atoms with Crippen molar-refractivity contribution in [2.24, 2.45) is 0 Å². The Bertz CT molecular complexity index is 698. The van der Waals surface area contributed by atoms with Crippen molar-refractivity contribution in [3.05, 3.63) is 45.5 Å². The van der Waals surface area contributed by atoms with Crippen molar-refractivity contribution >= 4 is 43.0 Å². The van der Waals surface area contributed by atoms with Crippen molar-refractivity contribution in [3.8, 4) is 0 Å². The van der Waals surface area contributed by atoms with Gasteiger partial charge in [-0.25, -0.2) is 12.8 Å². The van der Waals surface area contributed by atoms with Gasteiger partial charge in [-0.05, 0) is 52.7 Å². The van der Waals surface area contributed by atoms with Crippen LogP contribution in [0.15, 0.2) is 39.0 Å². The molecule has 0 aliphatic rings. The second-order valence-corrected chi connectivity index (χ2v) is 7.74. The lowest BCUT2D eigenvalue weighted by Gasteiger charge is -2.06. The third kappa shape index (κ3) is 3.34. The molecule has 0 atom stereocenters. The van der Waals surface area contributed by atoms with E-state index in [0.717, 1.165) is 17.4 Å². The Morgan fingerprint density at radius 3 is 2.63 bits per heavy atom. The zero-order valence-corrected chi connectivity index (χ0v) is 13.2. The van der Waals surface area contributed by atoms with E-state index in [4.69, 9.17) is 0 Å². The topological polar surface area (TPSA) is 46.2 Å². The summed E-state index contributed by atoms with van der Waals surface area (Å²) >= 11 is 4.23. The van der Waals surface area contributed by atoms with E-state index in [1.165, 1.54) is 23.5 Å². The molecule has 0 fully saturated rings. The third-order valence-corrected chi connectivity index (χ3v) is 6.17. The molecule has 0 radical (unpaired) electrons. The van der Waals surface area contributed by atoms with Gasteiger partial charge in [-0.2, -0.15) is 0 Å². The summed E-state index contributed by atoms with van der Waals surface area (Å²) in [7, 11) is -3.65. The van der Waals surface area contributed by atoms with Crippen LogP contribution in [-0.2, 0) is 16.4 Å². The maximum atomic E-state index is 13.3. The van der Waals surface area contributed by atoms with Gasteiger partial charge in [0.2, 0.25) is 0 Å². The summed E-state index contributed by atoms with van der Waals surface area (Å²) in [4.78, 5) is 0.988. The van der Waals surface area contributed by atoms with E-state index in [0.29, 0.717) is 4.47 Å². The number of benzene rings is 1. The number of anilines is 1. The van der Waals surface area contributed by atoms with Crippen LogP contribution in [0.25, 0.3) is 0 Å². The van der Waals surface area contributed by atoms with Crippen LogP contribution in [0.4, 0.5) is 10.1 Å². The molecule has 2 aromatic rings. The Hall–Kier alpha value is -0.920. The number of hydrogen-bond donors (Lipinski definition) is 1. The van der Waals surface area contributed by atoms with Crippen LogP contribution in [0.5, 0.6) is 0 Å². The summed E-state index contributed by atoms with van der Waals surface area (Å²) in [5.41, 5.74) is 0.201. The molecule has 0 saturated heterocycles. The Morgan fingerprint density at radius 2 is 2.05 bits per heavy atom. The van der Waals surface area contributed by atoms with Gasteiger partial charge in [0.05, 0.1) is 10.2 Å². The minimum atomic E-state index is -3.65. The molecule has 0 bridgehead atoms. The summed E-state index contributed by atoms with van der Waals surface area (Å²) < 4.78 is 40.4. The van der Waals surface area contributed by atoms with E-state index in [2.05, 4.69) is 20.7 Å². The summed E-state index contributed by atoms with van der Waals surface area (Å²) in [6.07, 6.45) is 0.785. The van der Waals surface area contributed by atoms with Crippen LogP contribution >= 0.6 is 27.3 Å². The standard InChI is InChI=1S/C12H11BrFNO2S2/c1-2-9-4-6-12(18-9)19(16,17)15-8-3-5-10(13)11(14)7-8/h3-7,15H,2H2,1H3. The molecule has 2 rings (SSSR count). The van der Waals surface area contributed by atoms with Crippen molar-refractivity contribution in [1.29, 1.82) is 0 Å². The van der Waals surface area contributed by atoms with Crippen molar-refractivity contribution in [2.45, 2.75) is 17.6 Å². The molecule has 1 N–H and O–H groups in total. The molecule has 1 heterocycles. The smallest absolute Gasteiger partial charge is 0.271 e. The summed E-state index contributed by atoms with van der Waals surface area (Å²) in [6, 6.07) is 7.43. The Labute approximate surface area is 123 Å². The highest BCUT2D eigenvalue weighted by Crippen LogP contribution is 2.26. The van der Waals surface area contributed by atoms with E-state index < -0.39 is 15.8 Å². The van der Waals surface area contributed by atoms with E-state index in [-0.39, 0.29) is 9.90 Å². The van der Waals surface area contributed by atoms with Crippen molar-refractivity contribution in [1.82, 2.24) is 0 Å². The molecule has 1 aromatic carbocycles. The van der Waals surface area contributed by atoms with E-state index in [1.54, 1.807) is 12.1 Å². The maximum absolute atomic E-state index is 13.3. The first-order chi connectivity index (χ1) is 8.92. The largest absolute Gasteiger partial charge is 0.279 e. The highest BCUT2D eigenvalue weighted by atomic mass is 79.9. The SMILES string of the molecule is CCc1ccc(S(=O)(=O)Nc2ccc(Br)c(F)c2)s1. The van der Waals surface area contributed by atoms with Crippen molar-refractivity contribution in [3.63, 3.8) is 0 Å². The molecule has 0 saturated carbocycles. The summed E-state index contributed by atoms with van der Waals surface area (Å²) in [5, 5.41) is 0. The van der Waals surface area contributed by atoms with Crippen LogP contribution in [0.1, 0.15) is 11.8 Å². The predicted octanol–water partition coefficient (Wildman–Crippen LogP) is 4.01. The van der Waals surface area contributed by atoms with Gasteiger partial charge in [-0.1, -0.05) is 6.92 Å². The zero-order valence-electron chi connectivity index (χ0n) is 9.98. The molecule has 19 heavy (non-hydrogen) atoms. The first kappa shape index (κ1) is 14.5. The molecule has 102 valence electrons. The van der Waals surface area contributed by atoms with Crippen molar-refractivity contribution in [2.75, 3.05) is 4.72 Å². The summed E-state index contributed by atoms with van der Waals surface area (Å²) in [6.45, 7) is 1.96. The fraction of sp³-hybridized carbons (Fsp3) is 0.167. The average molecular weight is 364 g/mol. The maximum Gasteiger partial charge on any atom is 0.271 e. The lowest BCUT2D eigenvalue weighted by Crippen LogP contribution is -2.11. The number of thiophene rings is 1. The molecular formula is C12H11BrFNO2S2. The van der Waals surface area contributed by atoms with E-state index in [1.807, 2.05) is 6.92 Å². The first-order valence-corrected chi connectivity index (χ1v) is 8.58.